The normalized spacial score (nSPS) is 17.5. The Hall–Kier alpha value is -2.14. The predicted octanol–water partition coefficient (Wildman–Crippen LogP) is 3.31. The maximum Gasteiger partial charge on any atom is 0.223 e. The number of Topliss-reactive ketones (excluding diaryl/α,β-unsaturated/α-hetero) is 1. The predicted molar refractivity (Wildman–Crippen MR) is 94.3 cm³/mol. The van der Waals surface area contributed by atoms with Gasteiger partial charge in [0, 0.05) is 44.3 Å². The van der Waals surface area contributed by atoms with Gasteiger partial charge in [-0.05, 0) is 18.4 Å². The maximum atomic E-state index is 12.5. The fourth-order valence-electron chi connectivity index (χ4n) is 3.20. The molecule has 1 saturated heterocycles. The number of ketones is 1. The minimum atomic E-state index is -0.0716. The lowest BCUT2D eigenvalue weighted by Crippen LogP contribution is -2.42. The van der Waals surface area contributed by atoms with Gasteiger partial charge in [0.25, 0.3) is 0 Å². The van der Waals surface area contributed by atoms with Crippen LogP contribution in [-0.2, 0) is 22.4 Å². The molecule has 5 nitrogen and oxygen atoms in total. The SMILES string of the molecule is O=C(Cc1ccccc1)[C@H]1CCCN(C(=O)CCc2cc(Cl)no2)C1. The number of halogens is 1. The average Bonchev–Trinajstić information content (AvgIpc) is 3.06. The van der Waals surface area contributed by atoms with Crippen molar-refractivity contribution < 1.29 is 14.1 Å². The van der Waals surface area contributed by atoms with Crippen molar-refractivity contribution in [1.29, 1.82) is 0 Å². The molecular formula is C19H21ClN2O3. The molecule has 0 unspecified atom stereocenters. The standard InChI is InChI=1S/C19H21ClN2O3/c20-18-12-16(25-21-18)8-9-19(24)22-10-4-7-15(13-22)17(23)11-14-5-2-1-3-6-14/h1-3,5-6,12,15H,4,7-11,13H2/t15-/m0/s1. The van der Waals surface area contributed by atoms with E-state index in [9.17, 15) is 9.59 Å². The number of benzene rings is 1. The van der Waals surface area contributed by atoms with E-state index < -0.39 is 0 Å². The van der Waals surface area contributed by atoms with Gasteiger partial charge in [0.2, 0.25) is 5.91 Å². The molecule has 0 radical (unpaired) electrons. The second kappa shape index (κ2) is 8.30. The monoisotopic (exact) mass is 360 g/mol. The van der Waals surface area contributed by atoms with Crippen LogP contribution in [0, 0.1) is 5.92 Å². The number of piperidine rings is 1. The molecule has 0 spiro atoms. The van der Waals surface area contributed by atoms with Gasteiger partial charge in [-0.1, -0.05) is 47.1 Å². The molecule has 1 amide bonds. The molecule has 1 aliphatic heterocycles. The van der Waals surface area contributed by atoms with E-state index in [1.165, 1.54) is 0 Å². The summed E-state index contributed by atoms with van der Waals surface area (Å²) in [6, 6.07) is 11.4. The van der Waals surface area contributed by atoms with E-state index in [-0.39, 0.29) is 17.6 Å². The number of rotatable bonds is 6. The fourth-order valence-corrected chi connectivity index (χ4v) is 3.36. The zero-order valence-electron chi connectivity index (χ0n) is 14.0. The number of likely N-dealkylation sites (tertiary alicyclic amines) is 1. The van der Waals surface area contributed by atoms with Crippen molar-refractivity contribution in [1.82, 2.24) is 10.1 Å². The lowest BCUT2D eigenvalue weighted by Gasteiger charge is -2.32. The Morgan fingerprint density at radius 2 is 2.08 bits per heavy atom. The molecule has 6 heteroatoms. The van der Waals surface area contributed by atoms with Crippen molar-refractivity contribution in [2.45, 2.75) is 32.1 Å². The summed E-state index contributed by atoms with van der Waals surface area (Å²) in [4.78, 5) is 26.8. The van der Waals surface area contributed by atoms with Crippen LogP contribution < -0.4 is 0 Å². The summed E-state index contributed by atoms with van der Waals surface area (Å²) in [7, 11) is 0. The third-order valence-electron chi connectivity index (χ3n) is 4.57. The van der Waals surface area contributed by atoms with Crippen LogP contribution in [0.3, 0.4) is 0 Å². The summed E-state index contributed by atoms with van der Waals surface area (Å²) >= 11 is 5.71. The van der Waals surface area contributed by atoms with E-state index in [0.717, 1.165) is 18.4 Å². The minimum absolute atomic E-state index is 0.0460. The van der Waals surface area contributed by atoms with E-state index in [1.54, 1.807) is 11.0 Å². The third-order valence-corrected chi connectivity index (χ3v) is 4.74. The van der Waals surface area contributed by atoms with Crippen LogP contribution in [0.2, 0.25) is 5.15 Å². The van der Waals surface area contributed by atoms with Gasteiger partial charge in [0.05, 0.1) is 0 Å². The van der Waals surface area contributed by atoms with Crippen molar-refractivity contribution >= 4 is 23.3 Å². The number of hydrogen-bond acceptors (Lipinski definition) is 4. The van der Waals surface area contributed by atoms with Crippen LogP contribution in [0.25, 0.3) is 0 Å². The highest BCUT2D eigenvalue weighted by molar-refractivity contribution is 6.29. The molecule has 3 rings (SSSR count). The Bertz CT molecular complexity index is 729. The van der Waals surface area contributed by atoms with Crippen molar-refractivity contribution in [2.75, 3.05) is 13.1 Å². The molecule has 132 valence electrons. The molecule has 1 aromatic heterocycles. The quantitative estimate of drug-likeness (QED) is 0.792. The smallest absolute Gasteiger partial charge is 0.223 e. The Morgan fingerprint density at radius 1 is 1.28 bits per heavy atom. The van der Waals surface area contributed by atoms with Crippen LogP contribution in [0.15, 0.2) is 40.9 Å². The third kappa shape index (κ3) is 4.92. The number of nitrogens with zero attached hydrogens (tertiary/aromatic N) is 2. The van der Waals surface area contributed by atoms with Gasteiger partial charge in [0.15, 0.2) is 5.15 Å². The molecule has 1 atom stereocenters. The Morgan fingerprint density at radius 3 is 2.80 bits per heavy atom. The number of carbonyl (C=O) groups excluding carboxylic acids is 2. The van der Waals surface area contributed by atoms with E-state index >= 15 is 0 Å². The van der Waals surface area contributed by atoms with E-state index in [1.807, 2.05) is 30.3 Å². The van der Waals surface area contributed by atoms with Crippen LogP contribution in [-0.4, -0.2) is 34.8 Å². The molecule has 1 aliphatic rings. The molecule has 1 aromatic carbocycles. The van der Waals surface area contributed by atoms with Crippen LogP contribution in [0.5, 0.6) is 0 Å². The van der Waals surface area contributed by atoms with E-state index in [2.05, 4.69) is 5.16 Å². The first kappa shape index (κ1) is 17.7. The Labute approximate surface area is 151 Å². The van der Waals surface area contributed by atoms with Crippen molar-refractivity contribution in [2.24, 2.45) is 5.92 Å². The topological polar surface area (TPSA) is 63.4 Å². The van der Waals surface area contributed by atoms with Crippen LogP contribution >= 0.6 is 11.6 Å². The lowest BCUT2D eigenvalue weighted by molar-refractivity contribution is -0.135. The zero-order valence-corrected chi connectivity index (χ0v) is 14.7. The molecule has 0 bridgehead atoms. The van der Waals surface area contributed by atoms with Crippen molar-refractivity contribution in [3.8, 4) is 0 Å². The largest absolute Gasteiger partial charge is 0.360 e. The van der Waals surface area contributed by atoms with E-state index in [0.29, 0.717) is 43.3 Å². The molecule has 25 heavy (non-hydrogen) atoms. The molecule has 0 aliphatic carbocycles. The average molecular weight is 361 g/mol. The summed E-state index contributed by atoms with van der Waals surface area (Å²) in [5.74, 6) is 0.792. The molecule has 0 saturated carbocycles. The highest BCUT2D eigenvalue weighted by Gasteiger charge is 2.28. The van der Waals surface area contributed by atoms with Gasteiger partial charge in [-0.25, -0.2) is 0 Å². The minimum Gasteiger partial charge on any atom is -0.360 e. The van der Waals surface area contributed by atoms with Crippen LogP contribution in [0.4, 0.5) is 0 Å². The molecular weight excluding hydrogens is 340 g/mol. The van der Waals surface area contributed by atoms with Gasteiger partial charge in [-0.3, -0.25) is 9.59 Å². The molecule has 2 aromatic rings. The molecule has 1 fully saturated rings. The second-order valence-corrected chi connectivity index (χ2v) is 6.81. The van der Waals surface area contributed by atoms with Gasteiger partial charge in [0.1, 0.15) is 11.5 Å². The number of carbonyl (C=O) groups is 2. The summed E-state index contributed by atoms with van der Waals surface area (Å²) in [6.07, 6.45) is 2.96. The first-order valence-electron chi connectivity index (χ1n) is 8.57. The molecule has 0 N–H and O–H groups in total. The van der Waals surface area contributed by atoms with Gasteiger partial charge >= 0.3 is 0 Å². The number of hydrogen-bond donors (Lipinski definition) is 0. The fraction of sp³-hybridized carbons (Fsp3) is 0.421. The Kier molecular flexibility index (Phi) is 5.87. The van der Waals surface area contributed by atoms with Gasteiger partial charge < -0.3 is 9.42 Å². The summed E-state index contributed by atoms with van der Waals surface area (Å²) in [5.41, 5.74) is 1.03. The number of aromatic nitrogens is 1. The summed E-state index contributed by atoms with van der Waals surface area (Å²) in [5, 5.41) is 3.90. The lowest BCUT2D eigenvalue weighted by atomic mass is 9.90. The highest BCUT2D eigenvalue weighted by Crippen LogP contribution is 2.20. The van der Waals surface area contributed by atoms with E-state index in [4.69, 9.17) is 16.1 Å². The first-order valence-corrected chi connectivity index (χ1v) is 8.95. The van der Waals surface area contributed by atoms with Gasteiger partial charge in [-0.15, -0.1) is 0 Å². The summed E-state index contributed by atoms with van der Waals surface area (Å²) < 4.78 is 5.02. The number of aryl methyl sites for hydroxylation is 1. The van der Waals surface area contributed by atoms with Crippen LogP contribution in [0.1, 0.15) is 30.6 Å². The highest BCUT2D eigenvalue weighted by atomic mass is 35.5. The first-order chi connectivity index (χ1) is 12.1. The summed E-state index contributed by atoms with van der Waals surface area (Å²) in [6.45, 7) is 1.23. The number of amides is 1. The zero-order chi connectivity index (χ0) is 17.6. The second-order valence-electron chi connectivity index (χ2n) is 6.42. The van der Waals surface area contributed by atoms with Crippen molar-refractivity contribution in [3.63, 3.8) is 0 Å². The Balaban J connectivity index is 1.51. The van der Waals surface area contributed by atoms with Crippen molar-refractivity contribution in [3.05, 3.63) is 52.9 Å². The molecule has 2 heterocycles. The van der Waals surface area contributed by atoms with Gasteiger partial charge in [-0.2, -0.15) is 0 Å². The maximum absolute atomic E-state index is 12.5.